The highest BCUT2D eigenvalue weighted by Crippen LogP contribution is 2.51. The number of ether oxygens (including phenoxy) is 2. The average Bonchev–Trinajstić information content (AvgIpc) is 3.07. The van der Waals surface area contributed by atoms with Gasteiger partial charge in [0.15, 0.2) is 0 Å². The third-order valence-corrected chi connectivity index (χ3v) is 6.80. The second-order valence-corrected chi connectivity index (χ2v) is 9.45. The van der Waals surface area contributed by atoms with Crippen molar-refractivity contribution in [3.05, 3.63) is 82.0 Å². The standard InChI is InChI=1S/C27H24Cl2N2O4/c1-15(2)25(32)34-11-9-27(10-12-35-26(33)16(3)4)18-8-6-5-7-17(18)23-24(27)31-22-14-20(29)19(28)13-21(22)30-23/h5-8,13-14H,1,3,9-12H2,2,4H3. The number of halogens is 2. The zero-order valence-electron chi connectivity index (χ0n) is 19.5. The van der Waals surface area contributed by atoms with Gasteiger partial charge in [0.2, 0.25) is 0 Å². The number of rotatable bonds is 8. The third kappa shape index (κ3) is 4.68. The van der Waals surface area contributed by atoms with Gasteiger partial charge < -0.3 is 9.47 Å². The average molecular weight is 511 g/mol. The van der Waals surface area contributed by atoms with Gasteiger partial charge in [-0.1, -0.05) is 60.6 Å². The van der Waals surface area contributed by atoms with Crippen molar-refractivity contribution in [1.29, 1.82) is 0 Å². The normalized spacial score (nSPS) is 13.1. The molecule has 4 rings (SSSR count). The molecule has 180 valence electrons. The summed E-state index contributed by atoms with van der Waals surface area (Å²) in [6, 6.07) is 11.2. The summed E-state index contributed by atoms with van der Waals surface area (Å²) in [7, 11) is 0. The molecule has 8 heteroatoms. The lowest BCUT2D eigenvalue weighted by molar-refractivity contribution is -0.139. The highest BCUT2D eigenvalue weighted by atomic mass is 35.5. The van der Waals surface area contributed by atoms with Crippen LogP contribution >= 0.6 is 23.2 Å². The molecular formula is C27H24Cl2N2O4. The summed E-state index contributed by atoms with van der Waals surface area (Å²) >= 11 is 12.5. The van der Waals surface area contributed by atoms with E-state index in [4.69, 9.17) is 42.6 Å². The van der Waals surface area contributed by atoms with E-state index in [0.717, 1.165) is 11.1 Å². The largest absolute Gasteiger partial charge is 0.462 e. The van der Waals surface area contributed by atoms with Gasteiger partial charge in [0.25, 0.3) is 0 Å². The first-order valence-electron chi connectivity index (χ1n) is 11.1. The second-order valence-electron chi connectivity index (χ2n) is 8.64. The van der Waals surface area contributed by atoms with Crippen molar-refractivity contribution in [2.24, 2.45) is 0 Å². The van der Waals surface area contributed by atoms with Gasteiger partial charge in [-0.2, -0.15) is 0 Å². The Kier molecular flexibility index (Phi) is 6.97. The molecule has 2 aromatic carbocycles. The first-order chi connectivity index (χ1) is 16.6. The Morgan fingerprint density at radius 3 is 1.94 bits per heavy atom. The first kappa shape index (κ1) is 24.9. The van der Waals surface area contributed by atoms with Crippen molar-refractivity contribution < 1.29 is 19.1 Å². The molecule has 35 heavy (non-hydrogen) atoms. The molecule has 0 saturated carbocycles. The summed E-state index contributed by atoms with van der Waals surface area (Å²) in [4.78, 5) is 34.0. The van der Waals surface area contributed by atoms with E-state index in [1.807, 2.05) is 24.3 Å². The van der Waals surface area contributed by atoms with Crippen LogP contribution in [0.5, 0.6) is 0 Å². The lowest BCUT2D eigenvalue weighted by Crippen LogP contribution is -2.31. The zero-order chi connectivity index (χ0) is 25.3. The molecule has 3 aromatic rings. The lowest BCUT2D eigenvalue weighted by atomic mass is 9.75. The Labute approximate surface area is 213 Å². The molecule has 6 nitrogen and oxygen atoms in total. The van der Waals surface area contributed by atoms with E-state index in [1.54, 1.807) is 26.0 Å². The smallest absolute Gasteiger partial charge is 0.333 e. The minimum Gasteiger partial charge on any atom is -0.462 e. The number of hydrogen-bond donors (Lipinski definition) is 0. The van der Waals surface area contributed by atoms with Crippen LogP contribution in [0, 0.1) is 0 Å². The van der Waals surface area contributed by atoms with Crippen LogP contribution in [0.1, 0.15) is 37.9 Å². The maximum atomic E-state index is 12.1. The van der Waals surface area contributed by atoms with Crippen molar-refractivity contribution in [2.75, 3.05) is 13.2 Å². The van der Waals surface area contributed by atoms with Gasteiger partial charge in [0.05, 0.1) is 45.7 Å². The summed E-state index contributed by atoms with van der Waals surface area (Å²) in [5.74, 6) is -0.933. The number of benzene rings is 2. The van der Waals surface area contributed by atoms with Crippen LogP contribution in [0.15, 0.2) is 60.7 Å². The quantitative estimate of drug-likeness (QED) is 0.264. The van der Waals surface area contributed by atoms with Crippen LogP contribution in [-0.4, -0.2) is 35.1 Å². The van der Waals surface area contributed by atoms with E-state index in [0.29, 0.717) is 56.5 Å². The Morgan fingerprint density at radius 1 is 0.886 bits per heavy atom. The van der Waals surface area contributed by atoms with Gasteiger partial charge in [-0.3, -0.25) is 0 Å². The molecule has 0 N–H and O–H groups in total. The lowest BCUT2D eigenvalue weighted by Gasteiger charge is -2.30. The predicted molar refractivity (Wildman–Crippen MR) is 137 cm³/mol. The van der Waals surface area contributed by atoms with E-state index in [2.05, 4.69) is 13.2 Å². The fourth-order valence-electron chi connectivity index (χ4n) is 4.32. The molecular weight excluding hydrogens is 487 g/mol. The summed E-state index contributed by atoms with van der Waals surface area (Å²) in [5, 5.41) is 0.768. The summed E-state index contributed by atoms with van der Waals surface area (Å²) in [6.07, 6.45) is 0.810. The van der Waals surface area contributed by atoms with E-state index in [1.165, 1.54) is 0 Å². The predicted octanol–water partition coefficient (Wildman–Crippen LogP) is 6.22. The van der Waals surface area contributed by atoms with Crippen LogP contribution in [0.3, 0.4) is 0 Å². The summed E-state index contributed by atoms with van der Waals surface area (Å²) < 4.78 is 10.9. The molecule has 0 bridgehead atoms. The van der Waals surface area contributed by atoms with Crippen molar-refractivity contribution in [2.45, 2.75) is 32.1 Å². The van der Waals surface area contributed by atoms with E-state index < -0.39 is 17.4 Å². The Bertz CT molecular complexity index is 1350. The highest BCUT2D eigenvalue weighted by Gasteiger charge is 2.45. The van der Waals surface area contributed by atoms with Gasteiger partial charge in [0, 0.05) is 22.1 Å². The fourth-order valence-corrected chi connectivity index (χ4v) is 4.64. The minimum absolute atomic E-state index is 0.120. The zero-order valence-corrected chi connectivity index (χ0v) is 21.0. The van der Waals surface area contributed by atoms with E-state index in [-0.39, 0.29) is 13.2 Å². The van der Waals surface area contributed by atoms with Gasteiger partial charge in [-0.15, -0.1) is 0 Å². The van der Waals surface area contributed by atoms with Crippen molar-refractivity contribution >= 4 is 46.2 Å². The van der Waals surface area contributed by atoms with Crippen LogP contribution in [0.25, 0.3) is 22.3 Å². The minimum atomic E-state index is -0.718. The molecule has 0 amide bonds. The van der Waals surface area contributed by atoms with E-state index >= 15 is 0 Å². The number of nitrogens with zero attached hydrogens (tertiary/aromatic N) is 2. The maximum absolute atomic E-state index is 12.1. The number of aromatic nitrogens is 2. The maximum Gasteiger partial charge on any atom is 0.333 e. The molecule has 1 aliphatic rings. The van der Waals surface area contributed by atoms with Gasteiger partial charge in [0.1, 0.15) is 0 Å². The van der Waals surface area contributed by atoms with Crippen LogP contribution < -0.4 is 0 Å². The molecule has 0 unspecified atom stereocenters. The molecule has 1 heterocycles. The van der Waals surface area contributed by atoms with Crippen LogP contribution in [0.4, 0.5) is 0 Å². The number of hydrogen-bond acceptors (Lipinski definition) is 6. The Balaban J connectivity index is 1.83. The van der Waals surface area contributed by atoms with Gasteiger partial charge in [-0.05, 0) is 44.4 Å². The molecule has 0 atom stereocenters. The SMILES string of the molecule is C=C(C)C(=O)OCCC1(CCOC(=O)C(=C)C)c2ccccc2-c2nc3cc(Cl)c(Cl)cc3nc21. The Morgan fingerprint density at radius 2 is 1.40 bits per heavy atom. The van der Waals surface area contributed by atoms with Gasteiger partial charge in [-0.25, -0.2) is 19.6 Å². The molecule has 0 saturated heterocycles. The summed E-state index contributed by atoms with van der Waals surface area (Å²) in [5.41, 5.74) is 4.44. The van der Waals surface area contributed by atoms with Crippen LogP contribution in [0.2, 0.25) is 10.0 Å². The monoisotopic (exact) mass is 510 g/mol. The number of carbonyl (C=O) groups excluding carboxylic acids is 2. The molecule has 1 aliphatic carbocycles. The third-order valence-electron chi connectivity index (χ3n) is 6.08. The van der Waals surface area contributed by atoms with Gasteiger partial charge >= 0.3 is 11.9 Å². The van der Waals surface area contributed by atoms with Crippen molar-refractivity contribution in [3.8, 4) is 11.3 Å². The molecule has 0 aliphatic heterocycles. The molecule has 0 fully saturated rings. The first-order valence-corrected chi connectivity index (χ1v) is 11.8. The number of fused-ring (bicyclic) bond motifs is 4. The topological polar surface area (TPSA) is 78.4 Å². The highest BCUT2D eigenvalue weighted by molar-refractivity contribution is 6.42. The molecule has 0 radical (unpaired) electrons. The van der Waals surface area contributed by atoms with Crippen molar-refractivity contribution in [3.63, 3.8) is 0 Å². The van der Waals surface area contributed by atoms with Crippen molar-refractivity contribution in [1.82, 2.24) is 9.97 Å². The van der Waals surface area contributed by atoms with Crippen LogP contribution in [-0.2, 0) is 24.5 Å². The Hall–Kier alpha value is -3.22. The fraction of sp³-hybridized carbons (Fsp3) is 0.259. The number of esters is 2. The molecule has 1 aromatic heterocycles. The number of carbonyl (C=O) groups is 2. The second kappa shape index (κ2) is 9.80. The van der Waals surface area contributed by atoms with E-state index in [9.17, 15) is 9.59 Å². The summed E-state index contributed by atoms with van der Waals surface area (Å²) in [6.45, 7) is 10.7. The molecule has 0 spiro atoms.